The second kappa shape index (κ2) is 21.8. The standard InChI is InChI=1S/C11H14O2.C10H19NO2.C5H11NO.CH3NO/c12-9-5-2-6-10-13-11-7-3-1-4-8-11;1-5-13-10(12)9-6-7(2)8(3)11(9)4;1-6-2-4-7-5-3-6;2-1-3/h1,3-4,7-9H,2,5-6,10H2;7-9H,5-6H2,1-4H3;2-5H2,1H3;1H,(H2,2,3)/t;7-,8?,9?;;/m.0../s1. The van der Waals surface area contributed by atoms with Crippen LogP contribution in [0.2, 0.25) is 0 Å². The number of carbonyl (C=O) groups is 3. The fourth-order valence-electron chi connectivity index (χ4n) is 3.59. The maximum absolute atomic E-state index is 11.5. The van der Waals surface area contributed by atoms with Crippen molar-refractivity contribution in [3.8, 4) is 5.75 Å². The zero-order valence-corrected chi connectivity index (χ0v) is 22.8. The molecule has 0 aromatic heterocycles. The maximum atomic E-state index is 11.5. The van der Waals surface area contributed by atoms with Gasteiger partial charge in [-0.2, -0.15) is 0 Å². The molecule has 2 saturated heterocycles. The maximum Gasteiger partial charge on any atom is 0.323 e. The molecule has 2 fully saturated rings. The van der Waals surface area contributed by atoms with Crippen LogP contribution in [0.5, 0.6) is 5.75 Å². The Morgan fingerprint density at radius 2 is 1.72 bits per heavy atom. The average molecular weight is 510 g/mol. The summed E-state index contributed by atoms with van der Waals surface area (Å²) < 4.78 is 15.5. The van der Waals surface area contributed by atoms with E-state index in [0.29, 0.717) is 31.6 Å². The zero-order valence-electron chi connectivity index (χ0n) is 22.8. The van der Waals surface area contributed by atoms with Gasteiger partial charge in [-0.25, -0.2) is 0 Å². The van der Waals surface area contributed by atoms with Crippen molar-refractivity contribution < 1.29 is 28.6 Å². The topological polar surface area (TPSA) is 111 Å². The lowest BCUT2D eigenvalue weighted by Gasteiger charge is -2.22. The number of amides is 1. The summed E-state index contributed by atoms with van der Waals surface area (Å²) in [6, 6.07) is 10.2. The van der Waals surface area contributed by atoms with Crippen LogP contribution in [0.4, 0.5) is 0 Å². The van der Waals surface area contributed by atoms with E-state index in [-0.39, 0.29) is 18.4 Å². The molecule has 3 rings (SSSR count). The van der Waals surface area contributed by atoms with Crippen LogP contribution in [0.25, 0.3) is 0 Å². The van der Waals surface area contributed by atoms with Crippen molar-refractivity contribution in [2.75, 3.05) is 53.6 Å². The Hall–Kier alpha value is -2.49. The highest BCUT2D eigenvalue weighted by atomic mass is 16.5. The molecule has 1 aromatic rings. The number of aldehydes is 1. The van der Waals surface area contributed by atoms with Crippen LogP contribution in [0, 0.1) is 5.92 Å². The molecule has 1 aromatic carbocycles. The molecule has 2 aliphatic heterocycles. The minimum absolute atomic E-state index is 0.0232. The average Bonchev–Trinajstić information content (AvgIpc) is 3.14. The van der Waals surface area contributed by atoms with Gasteiger partial charge >= 0.3 is 5.97 Å². The second-order valence-corrected chi connectivity index (χ2v) is 8.76. The van der Waals surface area contributed by atoms with Crippen LogP contribution in [-0.2, 0) is 23.9 Å². The molecule has 0 spiro atoms. The van der Waals surface area contributed by atoms with Crippen LogP contribution in [0.3, 0.4) is 0 Å². The van der Waals surface area contributed by atoms with Gasteiger partial charge in [0.05, 0.1) is 26.4 Å². The third-order valence-electron chi connectivity index (χ3n) is 6.07. The molecule has 1 amide bonds. The number of likely N-dealkylation sites (tertiary alicyclic amines) is 1. The van der Waals surface area contributed by atoms with Gasteiger partial charge in [-0.05, 0) is 65.3 Å². The fourth-order valence-corrected chi connectivity index (χ4v) is 3.59. The molecule has 3 atom stereocenters. The lowest BCUT2D eigenvalue weighted by atomic mass is 10.0. The Kier molecular flexibility index (Phi) is 20.3. The van der Waals surface area contributed by atoms with E-state index >= 15 is 0 Å². The smallest absolute Gasteiger partial charge is 0.323 e. The zero-order chi connectivity index (χ0) is 27.2. The van der Waals surface area contributed by atoms with Gasteiger partial charge in [-0.15, -0.1) is 0 Å². The van der Waals surface area contributed by atoms with Gasteiger partial charge in [0.15, 0.2) is 0 Å². The highest BCUT2D eigenvalue weighted by Crippen LogP contribution is 2.28. The molecule has 0 aliphatic carbocycles. The van der Waals surface area contributed by atoms with Gasteiger partial charge in [0.25, 0.3) is 0 Å². The van der Waals surface area contributed by atoms with E-state index in [0.717, 1.165) is 57.6 Å². The van der Waals surface area contributed by atoms with Crippen molar-refractivity contribution >= 4 is 18.7 Å². The monoisotopic (exact) mass is 509 g/mol. The van der Waals surface area contributed by atoms with Crippen LogP contribution >= 0.6 is 0 Å². The number of ether oxygens (including phenoxy) is 3. The Bertz CT molecular complexity index is 685. The highest BCUT2D eigenvalue weighted by Gasteiger charge is 2.38. The minimum atomic E-state index is -0.0683. The Morgan fingerprint density at radius 1 is 1.11 bits per heavy atom. The summed E-state index contributed by atoms with van der Waals surface area (Å²) in [4.78, 5) is 34.4. The Morgan fingerprint density at radius 3 is 2.17 bits per heavy atom. The van der Waals surface area contributed by atoms with E-state index in [1.807, 2.05) is 44.3 Å². The Balaban J connectivity index is 0.000000501. The number of para-hydroxylation sites is 1. The van der Waals surface area contributed by atoms with E-state index in [1.165, 1.54) is 0 Å². The molecule has 2 N–H and O–H groups in total. The van der Waals surface area contributed by atoms with E-state index < -0.39 is 0 Å². The van der Waals surface area contributed by atoms with Crippen molar-refractivity contribution in [2.45, 2.75) is 58.5 Å². The van der Waals surface area contributed by atoms with E-state index in [2.05, 4.69) is 36.4 Å². The third kappa shape index (κ3) is 15.5. The van der Waals surface area contributed by atoms with Crippen LogP contribution in [-0.4, -0.2) is 94.2 Å². The number of nitrogens with zero attached hydrogens (tertiary/aromatic N) is 2. The summed E-state index contributed by atoms with van der Waals surface area (Å²) in [6.45, 7) is 11.4. The predicted molar refractivity (Wildman–Crippen MR) is 142 cm³/mol. The molecule has 2 unspecified atom stereocenters. The van der Waals surface area contributed by atoms with Gasteiger partial charge in [0, 0.05) is 25.6 Å². The minimum Gasteiger partial charge on any atom is -0.494 e. The summed E-state index contributed by atoms with van der Waals surface area (Å²) in [6.07, 6.45) is 4.61. The van der Waals surface area contributed by atoms with Gasteiger partial charge < -0.3 is 29.6 Å². The van der Waals surface area contributed by atoms with E-state index in [9.17, 15) is 9.59 Å². The van der Waals surface area contributed by atoms with Crippen molar-refractivity contribution in [3.05, 3.63) is 30.3 Å². The molecule has 0 radical (unpaired) electrons. The fraction of sp³-hybridized carbons (Fsp3) is 0.667. The summed E-state index contributed by atoms with van der Waals surface area (Å²) in [5.74, 6) is 1.41. The van der Waals surface area contributed by atoms with Gasteiger partial charge in [0.1, 0.15) is 18.1 Å². The van der Waals surface area contributed by atoms with Crippen LogP contribution < -0.4 is 10.5 Å². The predicted octanol–water partition coefficient (Wildman–Crippen LogP) is 2.76. The largest absolute Gasteiger partial charge is 0.494 e. The summed E-state index contributed by atoms with van der Waals surface area (Å²) in [7, 11) is 4.11. The summed E-state index contributed by atoms with van der Waals surface area (Å²) in [5.41, 5.74) is 4.17. The molecule has 9 heteroatoms. The first-order chi connectivity index (χ1) is 17.3. The third-order valence-corrected chi connectivity index (χ3v) is 6.07. The summed E-state index contributed by atoms with van der Waals surface area (Å²) >= 11 is 0. The van der Waals surface area contributed by atoms with Crippen LogP contribution in [0.15, 0.2) is 30.3 Å². The number of unbranched alkanes of at least 4 members (excludes halogenated alkanes) is 2. The first-order valence-corrected chi connectivity index (χ1v) is 12.7. The molecule has 206 valence electrons. The second-order valence-electron chi connectivity index (χ2n) is 8.76. The van der Waals surface area contributed by atoms with Crippen LogP contribution in [0.1, 0.15) is 46.5 Å². The summed E-state index contributed by atoms with van der Waals surface area (Å²) in [5, 5.41) is 0. The highest BCUT2D eigenvalue weighted by molar-refractivity contribution is 5.76. The number of primary amides is 1. The number of morpholine rings is 1. The molecular weight excluding hydrogens is 462 g/mol. The molecule has 9 nitrogen and oxygen atoms in total. The number of nitrogens with two attached hydrogens (primary N) is 1. The molecule has 36 heavy (non-hydrogen) atoms. The SMILES string of the molecule is CCOC(=O)C1C[C@H](C)C(C)N1C.CN1CCOCC1.NC=O.O=CCCCCOc1ccccc1. The Labute approximate surface area is 217 Å². The van der Waals surface area contributed by atoms with Crippen molar-refractivity contribution in [2.24, 2.45) is 11.7 Å². The molecule has 2 aliphatic rings. The number of hydrogen-bond donors (Lipinski definition) is 1. The number of esters is 1. The van der Waals surface area contributed by atoms with E-state index in [4.69, 9.17) is 19.0 Å². The van der Waals surface area contributed by atoms with E-state index in [1.54, 1.807) is 0 Å². The quantitative estimate of drug-likeness (QED) is 0.324. The number of carbonyl (C=O) groups excluding carboxylic acids is 3. The number of hydrogen-bond acceptors (Lipinski definition) is 8. The van der Waals surface area contributed by atoms with Crippen molar-refractivity contribution in [1.29, 1.82) is 0 Å². The first-order valence-electron chi connectivity index (χ1n) is 12.7. The normalized spacial score (nSPS) is 21.3. The number of rotatable bonds is 8. The van der Waals surface area contributed by atoms with Gasteiger partial charge in [-0.3, -0.25) is 14.5 Å². The van der Waals surface area contributed by atoms with Crippen molar-refractivity contribution in [3.63, 3.8) is 0 Å². The number of benzene rings is 1. The molecule has 2 heterocycles. The van der Waals surface area contributed by atoms with Crippen molar-refractivity contribution in [1.82, 2.24) is 9.80 Å². The van der Waals surface area contributed by atoms with Gasteiger partial charge in [0.2, 0.25) is 6.41 Å². The number of likely N-dealkylation sites (N-methyl/N-ethyl adjacent to an activating group) is 2. The lowest BCUT2D eigenvalue weighted by molar-refractivity contribution is -0.148. The lowest BCUT2D eigenvalue weighted by Crippen LogP contribution is -2.37. The van der Waals surface area contributed by atoms with Gasteiger partial charge in [-0.1, -0.05) is 25.1 Å². The molecule has 0 bridgehead atoms. The molecule has 0 saturated carbocycles. The molecular formula is C27H47N3O6. The first kappa shape index (κ1) is 33.5.